The van der Waals surface area contributed by atoms with Crippen molar-refractivity contribution in [3.05, 3.63) is 82.9 Å². The number of carbonyl (C=O) groups is 2. The van der Waals surface area contributed by atoms with Gasteiger partial charge in [0.15, 0.2) is 40.6 Å². The van der Waals surface area contributed by atoms with Gasteiger partial charge in [-0.25, -0.2) is 39.1 Å². The van der Waals surface area contributed by atoms with Crippen LogP contribution in [-0.2, 0) is 54.2 Å². The van der Waals surface area contributed by atoms with E-state index in [1.54, 1.807) is 0 Å². The molecule has 64 heavy (non-hydrogen) atoms. The largest absolute Gasteiger partial charge is 0.465 e. The standard InChI is InChI=1S/2C17H17F5O7S3/c1-10-7-13(15(31(4,26)27)9-12(10)17(23)28-2)29-11-5-6-14(30(3,24)25)16(8-11)32(18,19,20,21)22;1-10-7-13(15(31(4,25)26)9-12(10)17(23)27-2)29-11-5-6-14(30(24)28-3)16(8-11)32(18,19,20,21)22/h2*5-9H,1-4H3. The van der Waals surface area contributed by atoms with E-state index >= 15 is 0 Å². The maximum absolute atomic E-state index is 13.5. The zero-order chi connectivity index (χ0) is 49.7. The zero-order valence-electron chi connectivity index (χ0n) is 33.7. The van der Waals surface area contributed by atoms with Gasteiger partial charge in [0.05, 0.1) is 42.2 Å². The van der Waals surface area contributed by atoms with Crippen LogP contribution >= 0.6 is 20.4 Å². The number of ether oxygens (including phenoxy) is 4. The molecular formula is C34H34F10O14S6. The Kier molecular flexibility index (Phi) is 13.5. The molecule has 360 valence electrons. The first-order valence-corrected chi connectivity index (χ1v) is 27.1. The highest BCUT2D eigenvalue weighted by Gasteiger charge is 2.68. The van der Waals surface area contributed by atoms with Crippen LogP contribution in [0, 0.1) is 13.8 Å². The zero-order valence-corrected chi connectivity index (χ0v) is 38.6. The van der Waals surface area contributed by atoms with Crippen molar-refractivity contribution in [3.8, 4) is 23.0 Å². The van der Waals surface area contributed by atoms with Crippen LogP contribution in [0.15, 0.2) is 90.0 Å². The minimum Gasteiger partial charge on any atom is -0.465 e. The Hall–Kier alpha value is -4.62. The minimum atomic E-state index is -10.5. The van der Waals surface area contributed by atoms with Gasteiger partial charge in [0.2, 0.25) is 0 Å². The summed E-state index contributed by atoms with van der Waals surface area (Å²) in [5.41, 5.74) is -0.0801. The summed E-state index contributed by atoms with van der Waals surface area (Å²) >= 11 is -2.86. The first-order valence-electron chi connectivity index (χ1n) is 16.5. The molecule has 1 atom stereocenters. The lowest BCUT2D eigenvalue weighted by Crippen LogP contribution is -2.13. The predicted molar refractivity (Wildman–Crippen MR) is 214 cm³/mol. The van der Waals surface area contributed by atoms with E-state index in [9.17, 15) is 77.9 Å². The van der Waals surface area contributed by atoms with Crippen molar-refractivity contribution in [2.24, 2.45) is 0 Å². The van der Waals surface area contributed by atoms with Gasteiger partial charge in [-0.2, -0.15) is 0 Å². The van der Waals surface area contributed by atoms with E-state index in [4.69, 9.17) is 9.47 Å². The van der Waals surface area contributed by atoms with E-state index in [1.807, 2.05) is 0 Å². The maximum atomic E-state index is 13.5. The number of hydrogen-bond acceptors (Lipinski definition) is 14. The average molecular weight is 1050 g/mol. The fraction of sp³-hybridized carbons (Fsp3) is 0.235. The third-order valence-electron chi connectivity index (χ3n) is 8.04. The molecule has 0 fully saturated rings. The Morgan fingerprint density at radius 1 is 0.516 bits per heavy atom. The molecule has 0 saturated carbocycles. The molecule has 30 heteroatoms. The van der Waals surface area contributed by atoms with E-state index in [0.717, 1.165) is 64.2 Å². The summed E-state index contributed by atoms with van der Waals surface area (Å²) in [7, 11) is -30.9. The summed E-state index contributed by atoms with van der Waals surface area (Å²) in [6, 6.07) is 5.68. The minimum absolute atomic E-state index is 0.0938. The maximum Gasteiger partial charge on any atom is 0.338 e. The molecule has 14 nitrogen and oxygen atoms in total. The monoisotopic (exact) mass is 1050 g/mol. The van der Waals surface area contributed by atoms with Crippen molar-refractivity contribution in [2.45, 2.75) is 43.2 Å². The highest BCUT2D eigenvalue weighted by atomic mass is 32.5. The number of sulfone groups is 3. The third-order valence-corrected chi connectivity index (χ3v) is 15.0. The fourth-order valence-electron chi connectivity index (χ4n) is 5.22. The Labute approximate surface area is 361 Å². The smallest absolute Gasteiger partial charge is 0.338 e. The summed E-state index contributed by atoms with van der Waals surface area (Å²) in [4.78, 5) is 14.2. The second-order valence-electron chi connectivity index (χ2n) is 13.3. The molecule has 0 bridgehead atoms. The second kappa shape index (κ2) is 16.1. The molecule has 0 aliphatic carbocycles. The number of methoxy groups -OCH3 is 2. The van der Waals surface area contributed by atoms with Gasteiger partial charge in [-0.15, -0.1) is 0 Å². The fourth-order valence-corrected chi connectivity index (χ4v) is 11.3. The van der Waals surface area contributed by atoms with Crippen LogP contribution in [-0.4, -0.2) is 81.5 Å². The number of rotatable bonds is 13. The number of carbonyl (C=O) groups excluding carboxylic acids is 2. The van der Waals surface area contributed by atoms with Crippen molar-refractivity contribution in [1.82, 2.24) is 0 Å². The van der Waals surface area contributed by atoms with E-state index in [1.165, 1.54) is 13.8 Å². The molecule has 4 rings (SSSR count). The summed E-state index contributed by atoms with van der Waals surface area (Å²) < 4.78 is 242. The van der Waals surface area contributed by atoms with Crippen molar-refractivity contribution in [3.63, 3.8) is 0 Å². The summed E-state index contributed by atoms with van der Waals surface area (Å²) in [5.74, 6) is -4.60. The lowest BCUT2D eigenvalue weighted by Gasteiger charge is -2.41. The second-order valence-corrected chi connectivity index (χ2v) is 25.2. The van der Waals surface area contributed by atoms with Gasteiger partial charge in [0, 0.05) is 30.9 Å². The van der Waals surface area contributed by atoms with Gasteiger partial charge in [-0.05, 0) is 73.5 Å². The molecule has 1 unspecified atom stereocenters. The van der Waals surface area contributed by atoms with Gasteiger partial charge in [-0.1, -0.05) is 38.9 Å². The van der Waals surface area contributed by atoms with E-state index in [0.29, 0.717) is 18.4 Å². The molecule has 0 heterocycles. The van der Waals surface area contributed by atoms with Crippen molar-refractivity contribution < 1.29 is 101 Å². The number of benzene rings is 4. The molecule has 0 saturated heterocycles. The van der Waals surface area contributed by atoms with Gasteiger partial charge in [-0.3, -0.25) is 4.18 Å². The molecule has 4 aromatic rings. The van der Waals surface area contributed by atoms with Crippen LogP contribution in [0.5, 0.6) is 23.0 Å². The number of hydrogen-bond donors (Lipinski definition) is 0. The molecule has 4 aromatic carbocycles. The molecule has 0 aliphatic rings. The van der Waals surface area contributed by atoms with E-state index < -0.39 is 125 Å². The molecule has 0 N–H and O–H groups in total. The van der Waals surface area contributed by atoms with Crippen LogP contribution in [0.1, 0.15) is 31.8 Å². The molecule has 0 aromatic heterocycles. The van der Waals surface area contributed by atoms with E-state index in [-0.39, 0.29) is 40.5 Å². The van der Waals surface area contributed by atoms with E-state index in [2.05, 4.69) is 13.7 Å². The Bertz CT molecular complexity index is 2970. The average Bonchev–Trinajstić information content (AvgIpc) is 3.11. The normalized spacial score (nSPS) is 15.2. The quantitative estimate of drug-likeness (QED) is 0.0904. The van der Waals surface area contributed by atoms with Crippen molar-refractivity contribution in [2.75, 3.05) is 40.1 Å². The van der Waals surface area contributed by atoms with Crippen LogP contribution in [0.25, 0.3) is 0 Å². The number of aryl methyl sites for hydroxylation is 2. The SMILES string of the molecule is COC(=O)c1cc(S(C)(=O)=O)c(Oc2ccc(S(=O)OC)c(S(F)(F)(F)(F)F)c2)cc1C.COC(=O)c1cc(S(C)(=O)=O)c(Oc2ccc(S(C)(=O)=O)c(S(F)(F)(F)(F)F)c2)cc1C. The van der Waals surface area contributed by atoms with Gasteiger partial charge in [0.25, 0.3) is 0 Å². The summed E-state index contributed by atoms with van der Waals surface area (Å²) in [5, 5.41) is 0. The van der Waals surface area contributed by atoms with Crippen LogP contribution in [0.4, 0.5) is 38.9 Å². The molecule has 0 spiro atoms. The lowest BCUT2D eigenvalue weighted by atomic mass is 10.1. The highest BCUT2D eigenvalue weighted by molar-refractivity contribution is 8.46. The lowest BCUT2D eigenvalue weighted by molar-refractivity contribution is 0.0590. The van der Waals surface area contributed by atoms with Gasteiger partial charge in [0.1, 0.15) is 42.6 Å². The Morgan fingerprint density at radius 2 is 0.859 bits per heavy atom. The third kappa shape index (κ3) is 13.2. The highest BCUT2D eigenvalue weighted by Crippen LogP contribution is 3.03. The Morgan fingerprint density at radius 3 is 1.17 bits per heavy atom. The molecular weight excluding hydrogens is 1010 g/mol. The van der Waals surface area contributed by atoms with Crippen molar-refractivity contribution >= 4 is 73.0 Å². The topological polar surface area (TPSA) is 200 Å². The summed E-state index contributed by atoms with van der Waals surface area (Å²) in [6.45, 7) is 2.72. The summed E-state index contributed by atoms with van der Waals surface area (Å²) in [6.07, 6.45) is 1.79. The van der Waals surface area contributed by atoms with Crippen LogP contribution in [0.3, 0.4) is 0 Å². The van der Waals surface area contributed by atoms with Gasteiger partial charge < -0.3 is 18.9 Å². The first-order chi connectivity index (χ1) is 28.3. The predicted octanol–water partition coefficient (Wildman–Crippen LogP) is 10.3. The molecule has 0 aliphatic heterocycles. The van der Waals surface area contributed by atoms with Crippen molar-refractivity contribution in [1.29, 1.82) is 0 Å². The molecule has 0 radical (unpaired) electrons. The van der Waals surface area contributed by atoms with Crippen LogP contribution < -0.4 is 9.47 Å². The first kappa shape index (κ1) is 53.7. The Balaban J connectivity index is 0.000000340. The number of esters is 2. The molecule has 0 amide bonds. The van der Waals surface area contributed by atoms with Gasteiger partial charge >= 0.3 is 32.4 Å². The number of halogens is 10. The van der Waals surface area contributed by atoms with Crippen LogP contribution in [0.2, 0.25) is 0 Å².